The van der Waals surface area contributed by atoms with Crippen LogP contribution in [0.4, 0.5) is 0 Å². The van der Waals surface area contributed by atoms with Crippen LogP contribution in [0.25, 0.3) is 0 Å². The standard InChI is InChI=1S/C30H37NO5/c1-18(31-36-19(2)32)30-26(35-30)17-25-23-11-10-21-16-22(34-27(33)20-8-6-5-7-9-20)12-14-28(21,3)24(23)13-15-29(25,30)4/h5-10,22-26H,11-17H2,1-4H3/b31-18+/t22-,23+,24-,25+,26+,28-,29-,30-/m0/s1. The van der Waals surface area contributed by atoms with Crippen LogP contribution in [0.5, 0.6) is 0 Å². The summed E-state index contributed by atoms with van der Waals surface area (Å²) in [6.07, 6.45) is 9.84. The lowest BCUT2D eigenvalue weighted by Gasteiger charge is -2.58. The highest BCUT2D eigenvalue weighted by molar-refractivity contribution is 5.95. The van der Waals surface area contributed by atoms with Crippen molar-refractivity contribution in [3.63, 3.8) is 0 Å². The molecule has 0 amide bonds. The van der Waals surface area contributed by atoms with Gasteiger partial charge in [0.25, 0.3) is 0 Å². The first kappa shape index (κ1) is 23.9. The quantitative estimate of drug-likeness (QED) is 0.132. The molecule has 0 radical (unpaired) electrons. The molecule has 1 saturated heterocycles. The van der Waals surface area contributed by atoms with Crippen LogP contribution >= 0.6 is 0 Å². The second-order valence-electron chi connectivity index (χ2n) is 12.2. The van der Waals surface area contributed by atoms with Crippen LogP contribution in [0.3, 0.4) is 0 Å². The van der Waals surface area contributed by atoms with Crippen LogP contribution in [-0.2, 0) is 19.1 Å². The fourth-order valence-electron chi connectivity index (χ4n) is 8.81. The van der Waals surface area contributed by atoms with Crippen LogP contribution in [0, 0.1) is 28.6 Å². The number of oxime groups is 1. The van der Waals surface area contributed by atoms with Gasteiger partial charge in [-0.1, -0.05) is 48.9 Å². The number of esters is 1. The Balaban J connectivity index is 1.20. The Hall–Kier alpha value is -2.47. The number of ether oxygens (including phenoxy) is 2. The number of epoxide rings is 1. The molecule has 1 aliphatic heterocycles. The van der Waals surface area contributed by atoms with E-state index in [1.807, 2.05) is 37.3 Å². The third kappa shape index (κ3) is 3.36. The number of allylic oxidation sites excluding steroid dienone is 1. The first-order chi connectivity index (χ1) is 17.2. The third-order valence-corrected chi connectivity index (χ3v) is 10.6. The Morgan fingerprint density at radius 1 is 1.06 bits per heavy atom. The maximum Gasteiger partial charge on any atom is 0.338 e. The van der Waals surface area contributed by atoms with Crippen LogP contribution in [0.1, 0.15) is 83.0 Å². The van der Waals surface area contributed by atoms with E-state index < -0.39 is 5.97 Å². The SMILES string of the molecule is CC(=O)O/N=C(\C)[C@]12O[C@@H]1C[C@@H]1[C@@H]3CC=C4C[C@@H](OC(=O)c5ccccc5)CC[C@]4(C)[C@H]3CC[C@@]12C. The average molecular weight is 492 g/mol. The van der Waals surface area contributed by atoms with E-state index in [4.69, 9.17) is 14.3 Å². The van der Waals surface area contributed by atoms with Crippen molar-refractivity contribution in [3.8, 4) is 0 Å². The topological polar surface area (TPSA) is 77.5 Å². The van der Waals surface area contributed by atoms with Gasteiger partial charge in [-0.2, -0.15) is 0 Å². The lowest BCUT2D eigenvalue weighted by molar-refractivity contribution is -0.141. The van der Waals surface area contributed by atoms with Gasteiger partial charge in [-0.25, -0.2) is 9.59 Å². The monoisotopic (exact) mass is 491 g/mol. The number of carbonyl (C=O) groups excluding carboxylic acids is 2. The van der Waals surface area contributed by atoms with Gasteiger partial charge in [0.1, 0.15) is 11.7 Å². The minimum atomic E-state index is -0.394. The highest BCUT2D eigenvalue weighted by atomic mass is 16.7. The lowest BCUT2D eigenvalue weighted by Crippen LogP contribution is -2.54. The van der Waals surface area contributed by atoms with E-state index in [9.17, 15) is 9.59 Å². The molecule has 0 bridgehead atoms. The molecule has 6 heteroatoms. The van der Waals surface area contributed by atoms with E-state index in [0.29, 0.717) is 23.3 Å². The Kier molecular flexibility index (Phi) is 5.49. The van der Waals surface area contributed by atoms with Gasteiger partial charge in [-0.15, -0.1) is 0 Å². The van der Waals surface area contributed by atoms with Crippen molar-refractivity contribution in [3.05, 3.63) is 47.5 Å². The number of hydrogen-bond donors (Lipinski definition) is 0. The summed E-state index contributed by atoms with van der Waals surface area (Å²) in [6, 6.07) is 9.30. The van der Waals surface area contributed by atoms with Gasteiger partial charge in [0.2, 0.25) is 0 Å². The van der Waals surface area contributed by atoms with Crippen LogP contribution in [0.2, 0.25) is 0 Å². The molecular formula is C30H37NO5. The van der Waals surface area contributed by atoms with Crippen LogP contribution < -0.4 is 0 Å². The summed E-state index contributed by atoms with van der Waals surface area (Å²) in [4.78, 5) is 29.0. The molecule has 1 heterocycles. The van der Waals surface area contributed by atoms with Crippen molar-refractivity contribution < 1.29 is 23.9 Å². The first-order valence-corrected chi connectivity index (χ1v) is 13.5. The van der Waals surface area contributed by atoms with Crippen molar-refractivity contribution in [2.24, 2.45) is 33.7 Å². The fourth-order valence-corrected chi connectivity index (χ4v) is 8.81. The molecule has 0 unspecified atom stereocenters. The van der Waals surface area contributed by atoms with Crippen molar-refractivity contribution in [2.45, 2.75) is 90.4 Å². The van der Waals surface area contributed by atoms with Crippen molar-refractivity contribution in [1.29, 1.82) is 0 Å². The van der Waals surface area contributed by atoms with E-state index >= 15 is 0 Å². The molecule has 3 saturated carbocycles. The summed E-state index contributed by atoms with van der Waals surface area (Å²) >= 11 is 0. The van der Waals surface area contributed by atoms with E-state index in [-0.39, 0.29) is 34.6 Å². The minimum absolute atomic E-state index is 0.0106. The number of rotatable bonds is 4. The van der Waals surface area contributed by atoms with Gasteiger partial charge in [-0.05, 0) is 80.8 Å². The van der Waals surface area contributed by atoms with Gasteiger partial charge in [-0.3, -0.25) is 0 Å². The smallest absolute Gasteiger partial charge is 0.338 e. The highest BCUT2D eigenvalue weighted by Gasteiger charge is 2.78. The van der Waals surface area contributed by atoms with Crippen LogP contribution in [0.15, 0.2) is 47.1 Å². The van der Waals surface area contributed by atoms with Crippen LogP contribution in [-0.4, -0.2) is 35.5 Å². The minimum Gasteiger partial charge on any atom is -0.458 e. The Morgan fingerprint density at radius 3 is 2.58 bits per heavy atom. The van der Waals surface area contributed by atoms with Gasteiger partial charge < -0.3 is 14.3 Å². The molecule has 1 aromatic rings. The van der Waals surface area contributed by atoms with Gasteiger partial charge in [0.15, 0.2) is 0 Å². The lowest BCUT2D eigenvalue weighted by atomic mass is 9.47. The number of hydrogen-bond acceptors (Lipinski definition) is 6. The van der Waals surface area contributed by atoms with E-state index in [2.05, 4.69) is 25.1 Å². The Labute approximate surface area is 213 Å². The van der Waals surface area contributed by atoms with Gasteiger partial charge >= 0.3 is 11.9 Å². The zero-order chi connectivity index (χ0) is 25.3. The molecule has 5 aliphatic rings. The molecule has 0 N–H and O–H groups in total. The zero-order valence-electron chi connectivity index (χ0n) is 21.8. The van der Waals surface area contributed by atoms with Gasteiger partial charge in [0, 0.05) is 18.8 Å². The summed E-state index contributed by atoms with van der Waals surface area (Å²) in [5, 5.41) is 4.18. The largest absolute Gasteiger partial charge is 0.458 e. The average Bonchev–Trinajstić information content (AvgIpc) is 3.54. The molecule has 0 aromatic heterocycles. The summed E-state index contributed by atoms with van der Waals surface area (Å²) in [6.45, 7) is 8.19. The predicted octanol–water partition coefficient (Wildman–Crippen LogP) is 5.86. The number of nitrogens with zero attached hydrogens (tertiary/aromatic N) is 1. The molecule has 6 nitrogen and oxygen atoms in total. The predicted molar refractivity (Wildman–Crippen MR) is 135 cm³/mol. The van der Waals surface area contributed by atoms with E-state index in [1.54, 1.807) is 0 Å². The highest BCUT2D eigenvalue weighted by Crippen LogP contribution is 2.73. The number of carbonyl (C=O) groups is 2. The first-order valence-electron chi connectivity index (χ1n) is 13.5. The second-order valence-corrected chi connectivity index (χ2v) is 12.2. The van der Waals surface area contributed by atoms with E-state index in [0.717, 1.165) is 44.2 Å². The van der Waals surface area contributed by atoms with Crippen molar-refractivity contribution >= 4 is 17.7 Å². The zero-order valence-corrected chi connectivity index (χ0v) is 21.8. The summed E-state index contributed by atoms with van der Waals surface area (Å²) in [7, 11) is 0. The number of benzene rings is 1. The maximum absolute atomic E-state index is 12.7. The summed E-state index contributed by atoms with van der Waals surface area (Å²) in [5.41, 5.74) is 2.72. The normalized spacial score (nSPS) is 42.7. The molecular weight excluding hydrogens is 454 g/mol. The van der Waals surface area contributed by atoms with Crippen molar-refractivity contribution in [2.75, 3.05) is 0 Å². The molecule has 4 fully saturated rings. The van der Waals surface area contributed by atoms with Gasteiger partial charge in [0.05, 0.1) is 17.4 Å². The third-order valence-electron chi connectivity index (χ3n) is 10.6. The summed E-state index contributed by atoms with van der Waals surface area (Å²) < 4.78 is 12.3. The molecule has 36 heavy (non-hydrogen) atoms. The fraction of sp³-hybridized carbons (Fsp3) is 0.633. The van der Waals surface area contributed by atoms with Crippen molar-refractivity contribution in [1.82, 2.24) is 0 Å². The Bertz CT molecular complexity index is 1140. The molecule has 4 aliphatic carbocycles. The molecule has 6 rings (SSSR count). The number of fused-ring (bicyclic) bond motifs is 7. The molecule has 0 spiro atoms. The maximum atomic E-state index is 12.7. The molecule has 1 aromatic carbocycles. The summed E-state index contributed by atoms with van der Waals surface area (Å²) in [5.74, 6) is 1.22. The van der Waals surface area contributed by atoms with E-state index in [1.165, 1.54) is 18.9 Å². The molecule has 192 valence electrons. The molecule has 8 atom stereocenters. The Morgan fingerprint density at radius 2 is 1.83 bits per heavy atom. The second kappa shape index (κ2) is 8.27.